The van der Waals surface area contributed by atoms with Gasteiger partial charge in [-0.15, -0.1) is 11.6 Å². The number of alkyl halides is 1. The molecule has 0 saturated heterocycles. The minimum atomic E-state index is 0.539. The first-order valence-corrected chi connectivity index (χ1v) is 4.83. The second-order valence-corrected chi connectivity index (χ2v) is 3.58. The molecule has 1 fully saturated rings. The summed E-state index contributed by atoms with van der Waals surface area (Å²) in [5.74, 6) is 1.55. The maximum atomic E-state index is 5.68. The molecule has 1 aliphatic carbocycles. The molecule has 2 rings (SSSR count). The fourth-order valence-electron chi connectivity index (χ4n) is 1.96. The first-order valence-electron chi connectivity index (χ1n) is 4.29. The number of aliphatic imine (C=N–C) groups is 1. The van der Waals surface area contributed by atoms with Crippen LogP contribution in [-0.4, -0.2) is 23.8 Å². The fraction of sp³-hybridized carbons (Fsp3) is 0.875. The summed E-state index contributed by atoms with van der Waals surface area (Å²) in [5, 5.41) is 3.36. The molecule has 1 aliphatic heterocycles. The molecule has 2 atom stereocenters. The highest BCUT2D eigenvalue weighted by molar-refractivity contribution is 6.28. The van der Waals surface area contributed by atoms with Crippen LogP contribution in [0.1, 0.15) is 25.7 Å². The topological polar surface area (TPSA) is 24.4 Å². The summed E-state index contributed by atoms with van der Waals surface area (Å²) >= 11 is 5.68. The Morgan fingerprint density at radius 2 is 2.27 bits per heavy atom. The van der Waals surface area contributed by atoms with Gasteiger partial charge in [-0.1, -0.05) is 12.8 Å². The zero-order chi connectivity index (χ0) is 7.68. The van der Waals surface area contributed by atoms with Crippen molar-refractivity contribution in [2.45, 2.75) is 37.8 Å². The molecule has 3 heteroatoms. The summed E-state index contributed by atoms with van der Waals surface area (Å²) in [4.78, 5) is 4.50. The Hall–Kier alpha value is -0.240. The lowest BCUT2D eigenvalue weighted by Gasteiger charge is -2.23. The van der Waals surface area contributed by atoms with E-state index in [9.17, 15) is 0 Å². The van der Waals surface area contributed by atoms with Crippen molar-refractivity contribution in [3.63, 3.8) is 0 Å². The summed E-state index contributed by atoms with van der Waals surface area (Å²) in [5.41, 5.74) is 0. The summed E-state index contributed by atoms with van der Waals surface area (Å²) in [6.07, 6.45) is 5.20. The van der Waals surface area contributed by atoms with Crippen LogP contribution in [0.2, 0.25) is 0 Å². The summed E-state index contributed by atoms with van der Waals surface area (Å²) in [6, 6.07) is 1.15. The number of fused-ring (bicyclic) bond motifs is 1. The fourth-order valence-corrected chi connectivity index (χ4v) is 2.10. The third kappa shape index (κ3) is 1.36. The minimum Gasteiger partial charge on any atom is -0.368 e. The predicted octanol–water partition coefficient (Wildman–Crippen LogP) is 1.54. The highest BCUT2D eigenvalue weighted by atomic mass is 35.5. The molecule has 0 radical (unpaired) electrons. The van der Waals surface area contributed by atoms with Crippen molar-refractivity contribution in [3.05, 3.63) is 0 Å². The SMILES string of the molecule is ClCC1=N[C@H]2CCCC[C@@H]2N1. The van der Waals surface area contributed by atoms with Gasteiger partial charge in [0.1, 0.15) is 5.84 Å². The van der Waals surface area contributed by atoms with Crippen LogP contribution in [-0.2, 0) is 0 Å². The van der Waals surface area contributed by atoms with Crippen molar-refractivity contribution in [2.24, 2.45) is 4.99 Å². The molecule has 0 bridgehead atoms. The third-order valence-electron chi connectivity index (χ3n) is 2.53. The second kappa shape index (κ2) is 3.02. The summed E-state index contributed by atoms with van der Waals surface area (Å²) < 4.78 is 0. The van der Waals surface area contributed by atoms with Crippen LogP contribution in [0.5, 0.6) is 0 Å². The predicted molar refractivity (Wildman–Crippen MR) is 47.3 cm³/mol. The smallest absolute Gasteiger partial charge is 0.112 e. The van der Waals surface area contributed by atoms with Crippen LogP contribution in [0.25, 0.3) is 0 Å². The summed E-state index contributed by atoms with van der Waals surface area (Å²) in [6.45, 7) is 0. The number of nitrogens with one attached hydrogen (secondary N) is 1. The molecule has 1 saturated carbocycles. The summed E-state index contributed by atoms with van der Waals surface area (Å²) in [7, 11) is 0. The van der Waals surface area contributed by atoms with Gasteiger partial charge in [-0.25, -0.2) is 0 Å². The van der Waals surface area contributed by atoms with Gasteiger partial charge in [0, 0.05) is 6.04 Å². The zero-order valence-electron chi connectivity index (χ0n) is 6.52. The van der Waals surface area contributed by atoms with Crippen molar-refractivity contribution in [3.8, 4) is 0 Å². The average Bonchev–Trinajstić information content (AvgIpc) is 2.46. The number of rotatable bonds is 1. The lowest BCUT2D eigenvalue weighted by molar-refractivity contribution is 0.384. The van der Waals surface area contributed by atoms with E-state index in [0.29, 0.717) is 18.0 Å². The van der Waals surface area contributed by atoms with E-state index in [0.717, 1.165) is 5.84 Å². The Labute approximate surface area is 72.0 Å². The molecule has 11 heavy (non-hydrogen) atoms. The normalized spacial score (nSPS) is 35.9. The van der Waals surface area contributed by atoms with Gasteiger partial charge in [-0.2, -0.15) is 0 Å². The highest BCUT2D eigenvalue weighted by Gasteiger charge is 2.29. The van der Waals surface area contributed by atoms with Gasteiger partial charge >= 0.3 is 0 Å². The molecule has 0 unspecified atom stereocenters. The highest BCUT2D eigenvalue weighted by Crippen LogP contribution is 2.24. The first-order chi connectivity index (χ1) is 5.40. The Balaban J connectivity index is 2.02. The molecular formula is C8H13ClN2. The van der Waals surface area contributed by atoms with E-state index in [2.05, 4.69) is 10.3 Å². The maximum absolute atomic E-state index is 5.68. The number of hydrogen-bond donors (Lipinski definition) is 1. The monoisotopic (exact) mass is 172 g/mol. The van der Waals surface area contributed by atoms with Crippen molar-refractivity contribution < 1.29 is 0 Å². The largest absolute Gasteiger partial charge is 0.368 e. The van der Waals surface area contributed by atoms with Crippen LogP contribution in [0.4, 0.5) is 0 Å². The van der Waals surface area contributed by atoms with Crippen molar-refractivity contribution in [1.82, 2.24) is 5.32 Å². The molecular weight excluding hydrogens is 160 g/mol. The molecule has 0 amide bonds. The lowest BCUT2D eigenvalue weighted by atomic mass is 9.92. The molecule has 1 N–H and O–H groups in total. The van der Waals surface area contributed by atoms with Gasteiger partial charge in [0.05, 0.1) is 11.9 Å². The van der Waals surface area contributed by atoms with Crippen molar-refractivity contribution >= 4 is 17.4 Å². The molecule has 0 spiro atoms. The molecule has 2 nitrogen and oxygen atoms in total. The van der Waals surface area contributed by atoms with Gasteiger partial charge in [-0.3, -0.25) is 4.99 Å². The molecule has 0 aromatic carbocycles. The van der Waals surface area contributed by atoms with Gasteiger partial charge < -0.3 is 5.32 Å². The standard InChI is InChI=1S/C8H13ClN2/c9-5-8-10-6-3-1-2-4-7(6)11-8/h6-7H,1-5H2,(H,10,11)/t6-,7-/m0/s1. The van der Waals surface area contributed by atoms with Gasteiger partial charge in [0.25, 0.3) is 0 Å². The van der Waals surface area contributed by atoms with E-state index in [1.165, 1.54) is 25.7 Å². The Morgan fingerprint density at radius 1 is 1.45 bits per heavy atom. The average molecular weight is 173 g/mol. The van der Waals surface area contributed by atoms with Gasteiger partial charge in [0.2, 0.25) is 0 Å². The lowest BCUT2D eigenvalue weighted by Crippen LogP contribution is -2.37. The van der Waals surface area contributed by atoms with Crippen LogP contribution in [0.3, 0.4) is 0 Å². The zero-order valence-corrected chi connectivity index (χ0v) is 7.27. The van der Waals surface area contributed by atoms with Crippen molar-refractivity contribution in [2.75, 3.05) is 5.88 Å². The maximum Gasteiger partial charge on any atom is 0.112 e. The van der Waals surface area contributed by atoms with Gasteiger partial charge in [-0.05, 0) is 12.8 Å². The second-order valence-electron chi connectivity index (χ2n) is 3.31. The molecule has 0 aromatic rings. The Bertz CT molecular complexity index is 179. The van der Waals surface area contributed by atoms with Crippen LogP contribution in [0, 0.1) is 0 Å². The number of halogens is 1. The molecule has 0 aromatic heterocycles. The van der Waals surface area contributed by atoms with Crippen LogP contribution >= 0.6 is 11.6 Å². The van der Waals surface area contributed by atoms with E-state index < -0.39 is 0 Å². The van der Waals surface area contributed by atoms with E-state index in [4.69, 9.17) is 11.6 Å². The van der Waals surface area contributed by atoms with Gasteiger partial charge in [0.15, 0.2) is 0 Å². The van der Waals surface area contributed by atoms with Crippen LogP contribution in [0.15, 0.2) is 4.99 Å². The molecule has 1 heterocycles. The quantitative estimate of drug-likeness (QED) is 0.597. The number of amidine groups is 1. The Kier molecular flexibility index (Phi) is 2.03. The number of hydrogen-bond acceptors (Lipinski definition) is 2. The Morgan fingerprint density at radius 3 is 3.00 bits per heavy atom. The van der Waals surface area contributed by atoms with E-state index in [1.54, 1.807) is 0 Å². The molecule has 2 aliphatic rings. The van der Waals surface area contributed by atoms with Crippen LogP contribution < -0.4 is 5.32 Å². The molecule has 62 valence electrons. The minimum absolute atomic E-state index is 0.539. The van der Waals surface area contributed by atoms with Crippen molar-refractivity contribution in [1.29, 1.82) is 0 Å². The van der Waals surface area contributed by atoms with E-state index >= 15 is 0 Å². The first kappa shape index (κ1) is 7.41. The third-order valence-corrected chi connectivity index (χ3v) is 2.78. The van der Waals surface area contributed by atoms with E-state index in [-0.39, 0.29) is 0 Å². The van der Waals surface area contributed by atoms with E-state index in [1.807, 2.05) is 0 Å². The number of nitrogens with zero attached hydrogens (tertiary/aromatic N) is 1.